The summed E-state index contributed by atoms with van der Waals surface area (Å²) in [6.07, 6.45) is 6.21. The number of thiophene rings is 1. The zero-order chi connectivity index (χ0) is 26.1. The number of fused-ring (bicyclic) bond motifs is 2. The first-order valence-corrected chi connectivity index (χ1v) is 12.3. The maximum absolute atomic E-state index is 11.6. The number of nitrogens with one attached hydrogen (secondary N) is 3. The summed E-state index contributed by atoms with van der Waals surface area (Å²) in [6, 6.07) is 13.5. The van der Waals surface area contributed by atoms with Crippen LogP contribution < -0.4 is 15.7 Å². The maximum Gasteiger partial charge on any atom is 0.277 e. The number of hydrogen-bond donors (Lipinski definition) is 4. The van der Waals surface area contributed by atoms with Crippen LogP contribution in [0.5, 0.6) is 0 Å². The molecule has 13 heteroatoms. The van der Waals surface area contributed by atoms with Crippen molar-refractivity contribution < 1.29 is 10.0 Å². The van der Waals surface area contributed by atoms with Gasteiger partial charge in [-0.2, -0.15) is 5.10 Å². The predicted molar refractivity (Wildman–Crippen MR) is 143 cm³/mol. The first kappa shape index (κ1) is 23.4. The van der Waals surface area contributed by atoms with Crippen LogP contribution in [-0.4, -0.2) is 53.3 Å². The van der Waals surface area contributed by atoms with Crippen LogP contribution in [0.4, 0.5) is 17.6 Å². The number of rotatable bonds is 7. The summed E-state index contributed by atoms with van der Waals surface area (Å²) in [5, 5.41) is 20.2. The van der Waals surface area contributed by atoms with Gasteiger partial charge in [0.15, 0.2) is 11.6 Å². The number of pyridine rings is 1. The minimum atomic E-state index is -0.669. The van der Waals surface area contributed by atoms with Gasteiger partial charge in [0.2, 0.25) is 5.95 Å². The Morgan fingerprint density at radius 2 is 1.95 bits per heavy atom. The monoisotopic (exact) mass is 524 g/mol. The predicted octanol–water partition coefficient (Wildman–Crippen LogP) is 3.92. The standard InChI is InChI=1S/C25H20N10O2S/c1-35(25-27-10-14(11-28-25)24(36)34-37)13-15-9-19-21(38-15)23(31-20-7-2-3-8-26-20)32-22(30-19)16-5-4-6-18-17(16)12-29-33-18/h2-12,37H,13H2,1H3,(H,29,33)(H,34,36)(H,26,30,31,32). The molecule has 188 valence electrons. The number of carbonyl (C=O) groups is 1. The largest absolute Gasteiger partial charge is 0.339 e. The number of carbonyl (C=O) groups excluding carboxylic acids is 1. The Morgan fingerprint density at radius 3 is 2.74 bits per heavy atom. The SMILES string of the molecule is CN(Cc1cc2nc(-c3cccc4[nH]ncc34)nc(Nc3ccccn3)c2s1)c1ncc(C(=O)NO)cn1. The van der Waals surface area contributed by atoms with Crippen LogP contribution in [0.3, 0.4) is 0 Å². The van der Waals surface area contributed by atoms with Gasteiger partial charge in [-0.25, -0.2) is 30.4 Å². The van der Waals surface area contributed by atoms with Crippen molar-refractivity contribution in [1.29, 1.82) is 0 Å². The fraction of sp³-hybridized carbons (Fsp3) is 0.0800. The molecule has 6 rings (SSSR count). The molecule has 0 aliphatic carbocycles. The van der Waals surface area contributed by atoms with Crippen molar-refractivity contribution in [2.75, 3.05) is 17.3 Å². The van der Waals surface area contributed by atoms with Crippen LogP contribution in [0.2, 0.25) is 0 Å². The highest BCUT2D eigenvalue weighted by Crippen LogP contribution is 2.35. The van der Waals surface area contributed by atoms with E-state index < -0.39 is 5.91 Å². The molecule has 0 spiro atoms. The van der Waals surface area contributed by atoms with E-state index in [2.05, 4.69) is 30.5 Å². The van der Waals surface area contributed by atoms with Gasteiger partial charge in [-0.3, -0.25) is 15.1 Å². The van der Waals surface area contributed by atoms with Gasteiger partial charge in [-0.15, -0.1) is 11.3 Å². The number of anilines is 3. The Morgan fingerprint density at radius 1 is 1.08 bits per heavy atom. The van der Waals surface area contributed by atoms with E-state index in [0.717, 1.165) is 31.6 Å². The molecule has 12 nitrogen and oxygen atoms in total. The smallest absolute Gasteiger partial charge is 0.277 e. The van der Waals surface area contributed by atoms with E-state index in [1.54, 1.807) is 29.2 Å². The van der Waals surface area contributed by atoms with Crippen LogP contribution in [0.1, 0.15) is 15.2 Å². The fourth-order valence-corrected chi connectivity index (χ4v) is 5.08. The topological polar surface area (TPSA) is 158 Å². The summed E-state index contributed by atoms with van der Waals surface area (Å²) >= 11 is 1.56. The van der Waals surface area contributed by atoms with E-state index >= 15 is 0 Å². The van der Waals surface area contributed by atoms with Gasteiger partial charge in [0, 0.05) is 41.5 Å². The summed E-state index contributed by atoms with van der Waals surface area (Å²) in [6.45, 7) is 0.502. The average Bonchev–Trinajstić information content (AvgIpc) is 3.60. The van der Waals surface area contributed by atoms with Gasteiger partial charge in [-0.1, -0.05) is 18.2 Å². The van der Waals surface area contributed by atoms with Crippen LogP contribution >= 0.6 is 11.3 Å². The maximum atomic E-state index is 11.6. The molecule has 0 atom stereocenters. The van der Waals surface area contributed by atoms with Crippen molar-refractivity contribution in [3.63, 3.8) is 0 Å². The highest BCUT2D eigenvalue weighted by molar-refractivity contribution is 7.19. The molecule has 0 unspecified atom stereocenters. The molecule has 0 radical (unpaired) electrons. The average molecular weight is 525 g/mol. The number of benzene rings is 1. The van der Waals surface area contributed by atoms with Crippen LogP contribution in [0, 0.1) is 0 Å². The molecule has 0 saturated carbocycles. The second kappa shape index (κ2) is 9.80. The molecular weight excluding hydrogens is 504 g/mol. The lowest BCUT2D eigenvalue weighted by atomic mass is 10.1. The van der Waals surface area contributed by atoms with Gasteiger partial charge in [0.25, 0.3) is 5.91 Å². The van der Waals surface area contributed by atoms with Crippen LogP contribution in [0.25, 0.3) is 32.5 Å². The molecule has 5 aromatic heterocycles. The number of H-pyrrole nitrogens is 1. The van der Waals surface area contributed by atoms with Crippen LogP contribution in [0.15, 0.2) is 67.3 Å². The Kier molecular flexibility index (Phi) is 6.03. The first-order valence-electron chi connectivity index (χ1n) is 11.5. The van der Waals surface area contributed by atoms with E-state index in [1.807, 2.05) is 54.4 Å². The lowest BCUT2D eigenvalue weighted by Gasteiger charge is -2.15. The summed E-state index contributed by atoms with van der Waals surface area (Å²) in [4.78, 5) is 37.1. The number of aromatic amines is 1. The van der Waals surface area contributed by atoms with Gasteiger partial charge >= 0.3 is 0 Å². The Labute approximate surface area is 219 Å². The second-order valence-corrected chi connectivity index (χ2v) is 9.51. The number of hydroxylamine groups is 1. The van der Waals surface area contributed by atoms with Crippen molar-refractivity contribution in [2.24, 2.45) is 0 Å². The van der Waals surface area contributed by atoms with Crippen molar-refractivity contribution >= 4 is 55.9 Å². The van der Waals surface area contributed by atoms with E-state index in [4.69, 9.17) is 15.2 Å². The van der Waals surface area contributed by atoms with Crippen molar-refractivity contribution in [2.45, 2.75) is 6.54 Å². The molecular formula is C25H20N10O2S. The van der Waals surface area contributed by atoms with E-state index in [1.165, 1.54) is 12.4 Å². The third-order valence-corrected chi connectivity index (χ3v) is 6.91. The Hall–Kier alpha value is -5.01. The molecule has 5 heterocycles. The number of amides is 1. The molecule has 1 amide bonds. The lowest BCUT2D eigenvalue weighted by Crippen LogP contribution is -2.21. The molecule has 4 N–H and O–H groups in total. The van der Waals surface area contributed by atoms with Crippen molar-refractivity contribution in [1.82, 2.24) is 40.6 Å². The number of hydrogen-bond acceptors (Lipinski definition) is 11. The Balaban J connectivity index is 1.38. The quantitative estimate of drug-likeness (QED) is 0.178. The van der Waals surface area contributed by atoms with Crippen LogP contribution in [-0.2, 0) is 6.54 Å². The second-order valence-electron chi connectivity index (χ2n) is 8.37. The van der Waals surface area contributed by atoms with E-state index in [-0.39, 0.29) is 5.56 Å². The Bertz CT molecular complexity index is 1750. The van der Waals surface area contributed by atoms with E-state index in [0.29, 0.717) is 30.0 Å². The van der Waals surface area contributed by atoms with Gasteiger partial charge in [0.05, 0.1) is 34.0 Å². The zero-order valence-corrected chi connectivity index (χ0v) is 20.8. The summed E-state index contributed by atoms with van der Waals surface area (Å²) < 4.78 is 0.887. The summed E-state index contributed by atoms with van der Waals surface area (Å²) in [7, 11) is 1.86. The van der Waals surface area contributed by atoms with Crippen molar-refractivity contribution in [3.8, 4) is 11.4 Å². The molecule has 0 bridgehead atoms. The van der Waals surface area contributed by atoms with Gasteiger partial charge < -0.3 is 10.2 Å². The third kappa shape index (κ3) is 4.47. The van der Waals surface area contributed by atoms with E-state index in [9.17, 15) is 4.79 Å². The summed E-state index contributed by atoms with van der Waals surface area (Å²) in [5.74, 6) is 1.66. The fourth-order valence-electron chi connectivity index (χ4n) is 3.99. The molecule has 1 aromatic carbocycles. The molecule has 6 aromatic rings. The summed E-state index contributed by atoms with van der Waals surface area (Å²) in [5.41, 5.74) is 4.29. The van der Waals surface area contributed by atoms with Crippen molar-refractivity contribution in [3.05, 3.63) is 77.7 Å². The zero-order valence-electron chi connectivity index (χ0n) is 20.0. The molecule has 0 aliphatic heterocycles. The molecule has 0 aliphatic rings. The minimum absolute atomic E-state index is 0.159. The minimum Gasteiger partial charge on any atom is -0.339 e. The normalized spacial score (nSPS) is 11.1. The highest BCUT2D eigenvalue weighted by Gasteiger charge is 2.17. The lowest BCUT2D eigenvalue weighted by molar-refractivity contribution is 0.0705. The third-order valence-electron chi connectivity index (χ3n) is 5.80. The van der Waals surface area contributed by atoms with Gasteiger partial charge in [-0.05, 0) is 24.3 Å². The number of nitrogens with zero attached hydrogens (tertiary/aromatic N) is 7. The number of aromatic nitrogens is 7. The molecule has 0 saturated heterocycles. The van der Waals surface area contributed by atoms with Gasteiger partial charge in [0.1, 0.15) is 5.82 Å². The molecule has 0 fully saturated rings. The first-order chi connectivity index (χ1) is 18.6. The highest BCUT2D eigenvalue weighted by atomic mass is 32.1. The molecule has 38 heavy (non-hydrogen) atoms.